The number of carbonyl (C=O) groups is 2. The number of benzene rings is 3. The summed E-state index contributed by atoms with van der Waals surface area (Å²) in [5, 5.41) is 4.18. The van der Waals surface area contributed by atoms with Crippen LogP contribution in [0.15, 0.2) is 78.9 Å². The molecule has 0 saturated heterocycles. The number of aromatic amines is 1. The fourth-order valence-corrected chi connectivity index (χ4v) is 5.04. The summed E-state index contributed by atoms with van der Waals surface area (Å²) < 4.78 is 0. The maximum absolute atomic E-state index is 13.4. The SMILES string of the molecule is O=C(NCc1ccccc1)[C@@H]1Cc2c([nH]c3ccccc23)[C@H]2c3ccccc3C(=O)N21. The number of rotatable bonds is 3. The second-order valence-corrected chi connectivity index (χ2v) is 8.19. The molecule has 5 nitrogen and oxygen atoms in total. The lowest BCUT2D eigenvalue weighted by Crippen LogP contribution is -2.52. The van der Waals surface area contributed by atoms with E-state index in [0.717, 1.165) is 33.3 Å². The van der Waals surface area contributed by atoms with E-state index in [2.05, 4.69) is 16.4 Å². The number of nitrogens with zero attached hydrogens (tertiary/aromatic N) is 1. The van der Waals surface area contributed by atoms with Crippen LogP contribution in [0.4, 0.5) is 0 Å². The second-order valence-electron chi connectivity index (χ2n) is 8.19. The molecule has 0 saturated carbocycles. The summed E-state index contributed by atoms with van der Waals surface area (Å²) in [6.45, 7) is 0.441. The molecule has 5 heteroatoms. The molecule has 6 rings (SSSR count). The van der Waals surface area contributed by atoms with Gasteiger partial charge >= 0.3 is 0 Å². The highest BCUT2D eigenvalue weighted by Crippen LogP contribution is 2.46. The number of fused-ring (bicyclic) bond motifs is 7. The molecule has 0 aliphatic carbocycles. The number of H-pyrrole nitrogens is 1. The van der Waals surface area contributed by atoms with Crippen LogP contribution in [0.3, 0.4) is 0 Å². The average Bonchev–Trinajstić information content (AvgIpc) is 3.33. The normalized spacial score (nSPS) is 19.1. The zero-order valence-electron chi connectivity index (χ0n) is 16.8. The zero-order valence-corrected chi connectivity index (χ0v) is 16.8. The van der Waals surface area contributed by atoms with Gasteiger partial charge in [0.05, 0.1) is 6.04 Å². The fraction of sp³-hybridized carbons (Fsp3) is 0.154. The smallest absolute Gasteiger partial charge is 0.255 e. The van der Waals surface area contributed by atoms with Gasteiger partial charge in [0.15, 0.2) is 0 Å². The van der Waals surface area contributed by atoms with Crippen molar-refractivity contribution >= 4 is 22.7 Å². The molecule has 4 aromatic rings. The molecular formula is C26H21N3O2. The van der Waals surface area contributed by atoms with E-state index < -0.39 is 6.04 Å². The second kappa shape index (κ2) is 6.84. The predicted octanol–water partition coefficient (Wildman–Crippen LogP) is 3.95. The summed E-state index contributed by atoms with van der Waals surface area (Å²) in [5.74, 6) is -0.198. The van der Waals surface area contributed by atoms with E-state index in [4.69, 9.17) is 0 Å². The van der Waals surface area contributed by atoms with E-state index in [1.807, 2.05) is 72.8 Å². The maximum Gasteiger partial charge on any atom is 0.255 e. The third-order valence-corrected chi connectivity index (χ3v) is 6.46. The van der Waals surface area contributed by atoms with Crippen LogP contribution in [0, 0.1) is 0 Å². The van der Waals surface area contributed by atoms with Gasteiger partial charge in [-0.1, -0.05) is 66.7 Å². The minimum Gasteiger partial charge on any atom is -0.356 e. The molecule has 3 heterocycles. The van der Waals surface area contributed by atoms with Gasteiger partial charge in [-0.25, -0.2) is 0 Å². The summed E-state index contributed by atoms with van der Waals surface area (Å²) in [6, 6.07) is 24.8. The lowest BCUT2D eigenvalue weighted by atomic mass is 9.90. The topological polar surface area (TPSA) is 65.2 Å². The molecule has 2 aliphatic heterocycles. The molecular weight excluding hydrogens is 386 g/mol. The average molecular weight is 407 g/mol. The van der Waals surface area contributed by atoms with Crippen LogP contribution in [0.1, 0.15) is 38.8 Å². The molecule has 0 spiro atoms. The number of para-hydroxylation sites is 1. The Bertz CT molecular complexity index is 1330. The molecule has 152 valence electrons. The number of nitrogens with one attached hydrogen (secondary N) is 2. The van der Waals surface area contributed by atoms with E-state index in [9.17, 15) is 9.59 Å². The summed E-state index contributed by atoms with van der Waals surface area (Å²) in [5.41, 5.74) is 5.86. The van der Waals surface area contributed by atoms with Gasteiger partial charge < -0.3 is 15.2 Å². The fourth-order valence-electron chi connectivity index (χ4n) is 5.04. The molecule has 2 N–H and O–H groups in total. The molecule has 2 aliphatic rings. The first kappa shape index (κ1) is 18.0. The van der Waals surface area contributed by atoms with Crippen LogP contribution in [0.25, 0.3) is 10.9 Å². The molecule has 3 aromatic carbocycles. The van der Waals surface area contributed by atoms with Crippen molar-refractivity contribution in [3.63, 3.8) is 0 Å². The van der Waals surface area contributed by atoms with Crippen LogP contribution in [0.5, 0.6) is 0 Å². The van der Waals surface area contributed by atoms with Gasteiger partial charge in [-0.3, -0.25) is 9.59 Å². The van der Waals surface area contributed by atoms with E-state index in [0.29, 0.717) is 18.5 Å². The van der Waals surface area contributed by atoms with Crippen molar-refractivity contribution in [2.75, 3.05) is 0 Å². The molecule has 0 unspecified atom stereocenters. The van der Waals surface area contributed by atoms with Gasteiger partial charge in [0.25, 0.3) is 5.91 Å². The monoisotopic (exact) mass is 407 g/mol. The Balaban J connectivity index is 1.43. The van der Waals surface area contributed by atoms with E-state index in [-0.39, 0.29) is 17.9 Å². The first-order chi connectivity index (χ1) is 15.2. The number of carbonyl (C=O) groups excluding carboxylic acids is 2. The third kappa shape index (κ3) is 2.70. The van der Waals surface area contributed by atoms with Crippen molar-refractivity contribution in [1.29, 1.82) is 0 Å². The van der Waals surface area contributed by atoms with Gasteiger partial charge in [0, 0.05) is 35.1 Å². The summed E-state index contributed by atoms with van der Waals surface area (Å²) in [6.07, 6.45) is 0.496. The van der Waals surface area contributed by atoms with Crippen molar-refractivity contribution in [3.05, 3.63) is 107 Å². The van der Waals surface area contributed by atoms with Crippen LogP contribution < -0.4 is 5.32 Å². The Kier molecular flexibility index (Phi) is 3.96. The highest BCUT2D eigenvalue weighted by Gasteiger charge is 2.48. The summed E-state index contributed by atoms with van der Waals surface area (Å²) in [4.78, 5) is 32.0. The van der Waals surface area contributed by atoms with Crippen molar-refractivity contribution < 1.29 is 9.59 Å². The number of hydrogen-bond acceptors (Lipinski definition) is 2. The van der Waals surface area contributed by atoms with E-state index in [1.165, 1.54) is 0 Å². The van der Waals surface area contributed by atoms with E-state index in [1.54, 1.807) is 4.90 Å². The van der Waals surface area contributed by atoms with Crippen LogP contribution in [-0.2, 0) is 17.8 Å². The lowest BCUT2D eigenvalue weighted by molar-refractivity contribution is -0.126. The number of hydrogen-bond donors (Lipinski definition) is 2. The quantitative estimate of drug-likeness (QED) is 0.540. The lowest BCUT2D eigenvalue weighted by Gasteiger charge is -2.37. The third-order valence-electron chi connectivity index (χ3n) is 6.46. The van der Waals surface area contributed by atoms with Gasteiger partial charge in [0.1, 0.15) is 6.04 Å². The summed E-state index contributed by atoms with van der Waals surface area (Å²) in [7, 11) is 0. The Morgan fingerprint density at radius 3 is 2.58 bits per heavy atom. The molecule has 0 radical (unpaired) electrons. The Labute approximate surface area is 179 Å². The molecule has 2 amide bonds. The first-order valence-electron chi connectivity index (χ1n) is 10.5. The highest BCUT2D eigenvalue weighted by atomic mass is 16.2. The van der Waals surface area contributed by atoms with Gasteiger partial charge in [-0.2, -0.15) is 0 Å². The predicted molar refractivity (Wildman–Crippen MR) is 119 cm³/mol. The minimum atomic E-state index is -0.555. The Morgan fingerprint density at radius 2 is 1.71 bits per heavy atom. The van der Waals surface area contributed by atoms with Crippen molar-refractivity contribution in [1.82, 2.24) is 15.2 Å². The number of aromatic nitrogens is 1. The minimum absolute atomic E-state index is 0.0789. The van der Waals surface area contributed by atoms with Crippen molar-refractivity contribution in [2.45, 2.75) is 25.0 Å². The number of amides is 2. The maximum atomic E-state index is 13.4. The van der Waals surface area contributed by atoms with E-state index >= 15 is 0 Å². The molecule has 2 atom stereocenters. The Hall–Kier alpha value is -3.86. The first-order valence-corrected chi connectivity index (χ1v) is 10.5. The van der Waals surface area contributed by atoms with Crippen LogP contribution in [0.2, 0.25) is 0 Å². The molecule has 0 fully saturated rings. The largest absolute Gasteiger partial charge is 0.356 e. The van der Waals surface area contributed by atoms with Gasteiger partial charge in [0.2, 0.25) is 5.91 Å². The van der Waals surface area contributed by atoms with Crippen LogP contribution in [-0.4, -0.2) is 27.7 Å². The molecule has 31 heavy (non-hydrogen) atoms. The molecule has 1 aromatic heterocycles. The van der Waals surface area contributed by atoms with Crippen molar-refractivity contribution in [2.24, 2.45) is 0 Å². The van der Waals surface area contributed by atoms with Crippen LogP contribution >= 0.6 is 0 Å². The highest BCUT2D eigenvalue weighted by molar-refractivity contribution is 6.03. The van der Waals surface area contributed by atoms with Gasteiger partial charge in [-0.05, 0) is 28.8 Å². The summed E-state index contributed by atoms with van der Waals surface area (Å²) >= 11 is 0. The molecule has 0 bridgehead atoms. The Morgan fingerprint density at radius 1 is 0.968 bits per heavy atom. The van der Waals surface area contributed by atoms with Crippen molar-refractivity contribution in [3.8, 4) is 0 Å². The van der Waals surface area contributed by atoms with Gasteiger partial charge in [-0.15, -0.1) is 0 Å². The zero-order chi connectivity index (χ0) is 20.9. The standard InChI is InChI=1S/C26H21N3O2/c30-25(27-15-16-8-2-1-3-9-16)22-14-20-17-10-6-7-13-21(17)28-23(20)24-18-11-4-5-12-19(18)26(31)29(22)24/h1-13,22,24,28H,14-15H2,(H,27,30)/t22-,24+/m0/s1.